The molecule has 0 radical (unpaired) electrons. The molecule has 3 rings (SSSR count). The van der Waals surface area contributed by atoms with Crippen LogP contribution < -0.4 is 0 Å². The summed E-state index contributed by atoms with van der Waals surface area (Å²) in [5.74, 6) is -1.03. The SMILES string of the molecule is Cc1cc(C)c(C(=O)COC(=O)c2cc(S(=O)(=O)N3CCOCC3)ccc2C)cc1C. The Kier molecular flexibility index (Phi) is 6.93. The van der Waals surface area contributed by atoms with Crippen molar-refractivity contribution in [1.29, 1.82) is 0 Å². The highest BCUT2D eigenvalue weighted by atomic mass is 32.2. The van der Waals surface area contributed by atoms with Gasteiger partial charge in [-0.3, -0.25) is 4.79 Å². The third kappa shape index (κ3) is 5.03. The summed E-state index contributed by atoms with van der Waals surface area (Å²) in [6, 6.07) is 8.07. The first kappa shape index (κ1) is 23.1. The van der Waals surface area contributed by atoms with Gasteiger partial charge in [-0.1, -0.05) is 12.1 Å². The molecule has 0 atom stereocenters. The second kappa shape index (κ2) is 9.30. The minimum Gasteiger partial charge on any atom is -0.454 e. The van der Waals surface area contributed by atoms with Gasteiger partial charge in [0.2, 0.25) is 15.8 Å². The van der Waals surface area contributed by atoms with Crippen molar-refractivity contribution in [3.63, 3.8) is 0 Å². The van der Waals surface area contributed by atoms with E-state index in [2.05, 4.69) is 0 Å². The van der Waals surface area contributed by atoms with Crippen molar-refractivity contribution in [2.24, 2.45) is 0 Å². The van der Waals surface area contributed by atoms with Gasteiger partial charge in [0, 0.05) is 18.7 Å². The maximum absolute atomic E-state index is 12.9. The summed E-state index contributed by atoms with van der Waals surface area (Å²) in [5, 5.41) is 0. The van der Waals surface area contributed by atoms with E-state index in [0.717, 1.165) is 16.7 Å². The van der Waals surface area contributed by atoms with Crippen LogP contribution in [0.2, 0.25) is 0 Å². The molecule has 1 aliphatic rings. The van der Waals surface area contributed by atoms with Gasteiger partial charge in [0.25, 0.3) is 0 Å². The Morgan fingerprint density at radius 3 is 2.23 bits per heavy atom. The Balaban J connectivity index is 1.77. The molecule has 2 aromatic carbocycles. The van der Waals surface area contributed by atoms with E-state index in [4.69, 9.17) is 9.47 Å². The molecule has 8 heteroatoms. The molecule has 0 aliphatic carbocycles. The van der Waals surface area contributed by atoms with Gasteiger partial charge >= 0.3 is 5.97 Å². The van der Waals surface area contributed by atoms with Crippen LogP contribution in [-0.2, 0) is 19.5 Å². The summed E-state index contributed by atoms with van der Waals surface area (Å²) in [6.45, 7) is 8.20. The lowest BCUT2D eigenvalue weighted by atomic mass is 9.98. The molecule has 0 spiro atoms. The summed E-state index contributed by atoms with van der Waals surface area (Å²) in [5.41, 5.74) is 4.09. The minimum atomic E-state index is -3.74. The highest BCUT2D eigenvalue weighted by Crippen LogP contribution is 2.22. The molecular weight excluding hydrogens is 418 g/mol. The number of sulfonamides is 1. The van der Waals surface area contributed by atoms with Gasteiger partial charge < -0.3 is 9.47 Å². The molecular formula is C23H27NO6S. The van der Waals surface area contributed by atoms with Crippen molar-refractivity contribution in [2.75, 3.05) is 32.9 Å². The van der Waals surface area contributed by atoms with Gasteiger partial charge in [0.1, 0.15) is 0 Å². The van der Waals surface area contributed by atoms with Crippen molar-refractivity contribution in [1.82, 2.24) is 4.31 Å². The van der Waals surface area contributed by atoms with Crippen LogP contribution >= 0.6 is 0 Å². The minimum absolute atomic E-state index is 0.0169. The van der Waals surface area contributed by atoms with Crippen LogP contribution in [0.4, 0.5) is 0 Å². The molecule has 1 aliphatic heterocycles. The molecule has 0 N–H and O–H groups in total. The van der Waals surface area contributed by atoms with Gasteiger partial charge in [-0.2, -0.15) is 4.31 Å². The summed E-state index contributed by atoms with van der Waals surface area (Å²) in [7, 11) is -3.74. The zero-order valence-electron chi connectivity index (χ0n) is 18.2. The lowest BCUT2D eigenvalue weighted by molar-refractivity contribution is 0.0473. The number of esters is 1. The Labute approximate surface area is 183 Å². The standard InChI is InChI=1S/C23H27NO6S/c1-15-5-6-19(31(27,28)24-7-9-29-10-8-24)13-21(15)23(26)30-14-22(25)20-12-17(3)16(2)11-18(20)4/h5-6,11-13H,7-10,14H2,1-4H3. The van der Waals surface area contributed by atoms with Gasteiger partial charge in [-0.05, 0) is 68.1 Å². The van der Waals surface area contributed by atoms with Crippen molar-refractivity contribution < 1.29 is 27.5 Å². The Hall–Kier alpha value is -2.55. The lowest BCUT2D eigenvalue weighted by Gasteiger charge is -2.26. The maximum Gasteiger partial charge on any atom is 0.338 e. The molecule has 1 fully saturated rings. The number of benzene rings is 2. The molecule has 2 aromatic rings. The van der Waals surface area contributed by atoms with E-state index in [9.17, 15) is 18.0 Å². The van der Waals surface area contributed by atoms with Gasteiger partial charge in [0.05, 0.1) is 23.7 Å². The van der Waals surface area contributed by atoms with Crippen LogP contribution in [0, 0.1) is 27.7 Å². The van der Waals surface area contributed by atoms with Crippen LogP contribution in [0.3, 0.4) is 0 Å². The zero-order chi connectivity index (χ0) is 22.8. The normalized spacial score (nSPS) is 15.0. The number of aryl methyl sites for hydroxylation is 4. The second-order valence-corrected chi connectivity index (χ2v) is 9.68. The first-order chi connectivity index (χ1) is 14.6. The predicted octanol–water partition coefficient (Wildman–Crippen LogP) is 2.98. The van der Waals surface area contributed by atoms with Crippen molar-refractivity contribution >= 4 is 21.8 Å². The Morgan fingerprint density at radius 2 is 1.55 bits per heavy atom. The van der Waals surface area contributed by atoms with Crippen molar-refractivity contribution in [2.45, 2.75) is 32.6 Å². The number of hydrogen-bond acceptors (Lipinski definition) is 6. The van der Waals surface area contributed by atoms with Gasteiger partial charge in [0.15, 0.2) is 6.61 Å². The average Bonchev–Trinajstić information content (AvgIpc) is 2.75. The molecule has 0 amide bonds. The van der Waals surface area contributed by atoms with Crippen LogP contribution in [0.1, 0.15) is 43.0 Å². The number of ether oxygens (including phenoxy) is 2. The number of nitrogens with zero attached hydrogens (tertiary/aromatic N) is 1. The highest BCUT2D eigenvalue weighted by molar-refractivity contribution is 7.89. The van der Waals surface area contributed by atoms with Crippen molar-refractivity contribution in [3.05, 3.63) is 63.7 Å². The van der Waals surface area contributed by atoms with Crippen LogP contribution in [0.5, 0.6) is 0 Å². The summed E-state index contributed by atoms with van der Waals surface area (Å²) in [6.07, 6.45) is 0. The Morgan fingerprint density at radius 1 is 0.903 bits per heavy atom. The van der Waals surface area contributed by atoms with E-state index in [1.807, 2.05) is 26.8 Å². The fraction of sp³-hybridized carbons (Fsp3) is 0.391. The molecule has 1 heterocycles. The molecule has 0 aromatic heterocycles. The average molecular weight is 446 g/mol. The number of ketones is 1. The predicted molar refractivity (Wildman–Crippen MR) is 116 cm³/mol. The van der Waals surface area contributed by atoms with Gasteiger partial charge in [-0.15, -0.1) is 0 Å². The van der Waals surface area contributed by atoms with Crippen LogP contribution in [0.25, 0.3) is 0 Å². The number of rotatable bonds is 6. The summed E-state index contributed by atoms with van der Waals surface area (Å²) >= 11 is 0. The molecule has 31 heavy (non-hydrogen) atoms. The lowest BCUT2D eigenvalue weighted by Crippen LogP contribution is -2.40. The topological polar surface area (TPSA) is 90.0 Å². The largest absolute Gasteiger partial charge is 0.454 e. The third-order valence-electron chi connectivity index (χ3n) is 5.51. The molecule has 0 unspecified atom stereocenters. The number of carbonyl (C=O) groups excluding carboxylic acids is 2. The third-order valence-corrected chi connectivity index (χ3v) is 7.41. The van der Waals surface area contributed by atoms with E-state index in [1.54, 1.807) is 19.1 Å². The molecule has 1 saturated heterocycles. The maximum atomic E-state index is 12.9. The first-order valence-corrected chi connectivity index (χ1v) is 11.5. The molecule has 0 bridgehead atoms. The van der Waals surface area contributed by atoms with Crippen LogP contribution in [-0.4, -0.2) is 57.4 Å². The first-order valence-electron chi connectivity index (χ1n) is 10.1. The summed E-state index contributed by atoms with van der Waals surface area (Å²) in [4.78, 5) is 25.3. The van der Waals surface area contributed by atoms with Gasteiger partial charge in [-0.25, -0.2) is 13.2 Å². The zero-order valence-corrected chi connectivity index (χ0v) is 19.0. The fourth-order valence-electron chi connectivity index (χ4n) is 3.47. The number of Topliss-reactive ketones (excluding diaryl/α,β-unsaturated/α-hetero) is 1. The second-order valence-electron chi connectivity index (χ2n) is 7.74. The number of carbonyl (C=O) groups is 2. The quantitative estimate of drug-likeness (QED) is 0.502. The van der Waals surface area contributed by atoms with E-state index >= 15 is 0 Å². The van der Waals surface area contributed by atoms with Crippen LogP contribution in [0.15, 0.2) is 35.2 Å². The molecule has 7 nitrogen and oxygen atoms in total. The smallest absolute Gasteiger partial charge is 0.338 e. The molecule has 166 valence electrons. The van der Waals surface area contributed by atoms with E-state index in [1.165, 1.54) is 16.4 Å². The number of morpholine rings is 1. The number of hydrogen-bond donors (Lipinski definition) is 0. The molecule has 0 saturated carbocycles. The summed E-state index contributed by atoms with van der Waals surface area (Å²) < 4.78 is 37.6. The van der Waals surface area contributed by atoms with E-state index in [0.29, 0.717) is 24.3 Å². The van der Waals surface area contributed by atoms with Crippen molar-refractivity contribution in [3.8, 4) is 0 Å². The monoisotopic (exact) mass is 445 g/mol. The highest BCUT2D eigenvalue weighted by Gasteiger charge is 2.27. The fourth-order valence-corrected chi connectivity index (χ4v) is 4.90. The Bertz CT molecular complexity index is 1120. The van der Waals surface area contributed by atoms with E-state index in [-0.39, 0.29) is 29.3 Å². The van der Waals surface area contributed by atoms with E-state index < -0.39 is 22.6 Å².